The van der Waals surface area contributed by atoms with Gasteiger partial charge in [0.1, 0.15) is 11.8 Å². The van der Waals surface area contributed by atoms with Crippen LogP contribution in [0.25, 0.3) is 11.4 Å². The van der Waals surface area contributed by atoms with Crippen LogP contribution in [-0.2, 0) is 6.18 Å². The number of carbonyl (C=O) groups is 1. The maximum absolute atomic E-state index is 13.7. The van der Waals surface area contributed by atoms with Crippen molar-refractivity contribution >= 4 is 5.91 Å². The standard InChI is InChI=1S/C24H22F3N5O2/c1-14-9-17(22-28-7-2-8-29-22)21(31-11-14)23(33)32-13-15-3-5-18(32)19(10-15)34-20-6-4-16(12-30-20)24(25,26)27/h2,4,6-9,11-12,15,18-19H,3,5,10,13H2,1H3/t15-,18-,19+/m0/s1. The van der Waals surface area contributed by atoms with Crippen LogP contribution in [0.1, 0.15) is 40.9 Å². The zero-order valence-electron chi connectivity index (χ0n) is 18.4. The Labute approximate surface area is 194 Å². The van der Waals surface area contributed by atoms with Gasteiger partial charge in [-0.25, -0.2) is 15.0 Å². The van der Waals surface area contributed by atoms with Gasteiger partial charge in [0.15, 0.2) is 5.82 Å². The van der Waals surface area contributed by atoms with Crippen LogP contribution >= 0.6 is 0 Å². The fourth-order valence-electron chi connectivity index (χ4n) is 4.75. The lowest BCUT2D eigenvalue weighted by atomic mass is 9.77. The van der Waals surface area contributed by atoms with Crippen molar-refractivity contribution in [3.63, 3.8) is 0 Å². The molecule has 7 nitrogen and oxygen atoms in total. The smallest absolute Gasteiger partial charge is 0.417 e. The van der Waals surface area contributed by atoms with E-state index in [-0.39, 0.29) is 35.5 Å². The summed E-state index contributed by atoms with van der Waals surface area (Å²) in [5, 5.41) is 0. The number of fused-ring (bicyclic) bond motifs is 3. The number of nitrogens with zero attached hydrogens (tertiary/aromatic N) is 5. The fourth-order valence-corrected chi connectivity index (χ4v) is 4.75. The van der Waals surface area contributed by atoms with Crippen LogP contribution < -0.4 is 4.74 Å². The molecule has 0 radical (unpaired) electrons. The topological polar surface area (TPSA) is 81.1 Å². The number of carbonyl (C=O) groups excluding carboxylic acids is 1. The number of halogens is 3. The number of aryl methyl sites for hydroxylation is 1. The number of amides is 1. The van der Waals surface area contributed by atoms with Crippen molar-refractivity contribution < 1.29 is 22.7 Å². The van der Waals surface area contributed by atoms with Gasteiger partial charge in [0.2, 0.25) is 5.88 Å². The first-order valence-corrected chi connectivity index (χ1v) is 11.0. The van der Waals surface area contributed by atoms with E-state index in [0.717, 1.165) is 30.7 Å². The van der Waals surface area contributed by atoms with E-state index >= 15 is 0 Å². The van der Waals surface area contributed by atoms with Crippen LogP contribution in [0.2, 0.25) is 0 Å². The quantitative estimate of drug-likeness (QED) is 0.566. The molecule has 2 saturated heterocycles. The molecule has 0 N–H and O–H groups in total. The molecule has 0 spiro atoms. The van der Waals surface area contributed by atoms with Crippen molar-refractivity contribution in [1.82, 2.24) is 24.8 Å². The molecule has 0 aromatic carbocycles. The molecule has 3 fully saturated rings. The minimum atomic E-state index is -4.46. The molecule has 2 aliphatic heterocycles. The predicted molar refractivity (Wildman–Crippen MR) is 116 cm³/mol. The van der Waals surface area contributed by atoms with Crippen molar-refractivity contribution in [1.29, 1.82) is 0 Å². The molecule has 6 rings (SSSR count). The van der Waals surface area contributed by atoms with E-state index in [4.69, 9.17) is 4.74 Å². The number of ether oxygens (including phenoxy) is 1. The maximum atomic E-state index is 13.7. The second-order valence-electron chi connectivity index (χ2n) is 8.72. The van der Waals surface area contributed by atoms with Crippen LogP contribution in [0.5, 0.6) is 5.88 Å². The van der Waals surface area contributed by atoms with Crippen molar-refractivity contribution in [3.05, 3.63) is 65.9 Å². The lowest BCUT2D eigenvalue weighted by Crippen LogP contribution is -2.59. The van der Waals surface area contributed by atoms with Crippen LogP contribution in [0.3, 0.4) is 0 Å². The van der Waals surface area contributed by atoms with Gasteiger partial charge in [0.25, 0.3) is 5.91 Å². The van der Waals surface area contributed by atoms with Gasteiger partial charge in [0, 0.05) is 37.4 Å². The summed E-state index contributed by atoms with van der Waals surface area (Å²) >= 11 is 0. The Balaban J connectivity index is 1.40. The van der Waals surface area contributed by atoms with Gasteiger partial charge in [-0.3, -0.25) is 9.78 Å². The summed E-state index contributed by atoms with van der Waals surface area (Å²) in [6.45, 7) is 2.46. The Morgan fingerprint density at radius 2 is 1.88 bits per heavy atom. The third-order valence-electron chi connectivity index (χ3n) is 6.35. The highest BCUT2D eigenvalue weighted by atomic mass is 19.4. The van der Waals surface area contributed by atoms with E-state index < -0.39 is 11.7 Å². The number of aromatic nitrogens is 4. The number of hydrogen-bond donors (Lipinski definition) is 0. The van der Waals surface area contributed by atoms with E-state index in [2.05, 4.69) is 19.9 Å². The minimum Gasteiger partial charge on any atom is -0.472 e. The van der Waals surface area contributed by atoms with Gasteiger partial charge in [-0.1, -0.05) is 0 Å². The molecule has 3 aromatic heterocycles. The van der Waals surface area contributed by atoms with Crippen molar-refractivity contribution in [2.24, 2.45) is 5.92 Å². The van der Waals surface area contributed by atoms with Gasteiger partial charge < -0.3 is 9.64 Å². The first-order chi connectivity index (χ1) is 16.3. The summed E-state index contributed by atoms with van der Waals surface area (Å²) in [5.74, 6) is 0.539. The molecular weight excluding hydrogens is 447 g/mol. The Kier molecular flexibility index (Phi) is 5.66. The molecule has 5 heterocycles. The third kappa shape index (κ3) is 4.32. The van der Waals surface area contributed by atoms with Gasteiger partial charge in [-0.2, -0.15) is 13.2 Å². The molecule has 34 heavy (non-hydrogen) atoms. The number of rotatable bonds is 4. The molecule has 10 heteroatoms. The van der Waals surface area contributed by atoms with Crippen molar-refractivity contribution in [3.8, 4) is 17.3 Å². The van der Waals surface area contributed by atoms with Crippen LogP contribution in [0.15, 0.2) is 49.1 Å². The average molecular weight is 469 g/mol. The molecular formula is C24H22F3N5O2. The monoisotopic (exact) mass is 469 g/mol. The molecule has 3 aliphatic rings. The molecule has 176 valence electrons. The summed E-state index contributed by atoms with van der Waals surface area (Å²) in [5.41, 5.74) is 0.890. The van der Waals surface area contributed by atoms with Crippen LogP contribution in [-0.4, -0.2) is 49.4 Å². The SMILES string of the molecule is Cc1cnc(C(=O)N2C[C@H]3CC[C@H]2[C@H](Oc2ccc(C(F)(F)F)cn2)C3)c(-c2ncccn2)c1. The number of hydrogen-bond acceptors (Lipinski definition) is 6. The Morgan fingerprint density at radius 3 is 2.56 bits per heavy atom. The maximum Gasteiger partial charge on any atom is 0.417 e. The number of pyridine rings is 2. The van der Waals surface area contributed by atoms with Gasteiger partial charge in [0.05, 0.1) is 17.2 Å². The van der Waals surface area contributed by atoms with Crippen molar-refractivity contribution in [2.75, 3.05) is 6.54 Å². The third-order valence-corrected chi connectivity index (χ3v) is 6.35. The average Bonchev–Trinajstić information content (AvgIpc) is 2.84. The summed E-state index contributed by atoms with van der Waals surface area (Å²) < 4.78 is 44.5. The van der Waals surface area contributed by atoms with E-state index in [1.165, 1.54) is 6.07 Å². The van der Waals surface area contributed by atoms with Crippen molar-refractivity contribution in [2.45, 2.75) is 44.5 Å². The highest BCUT2D eigenvalue weighted by Gasteiger charge is 2.45. The molecule has 3 atom stereocenters. The number of alkyl halides is 3. The molecule has 0 unspecified atom stereocenters. The minimum absolute atomic E-state index is 0.116. The fraction of sp³-hybridized carbons (Fsp3) is 0.375. The van der Waals surface area contributed by atoms with E-state index in [0.29, 0.717) is 24.4 Å². The summed E-state index contributed by atoms with van der Waals surface area (Å²) in [6, 6.07) is 5.50. The highest BCUT2D eigenvalue weighted by molar-refractivity contribution is 5.98. The van der Waals surface area contributed by atoms with Crippen LogP contribution in [0, 0.1) is 12.8 Å². The zero-order valence-corrected chi connectivity index (χ0v) is 18.4. The molecule has 1 saturated carbocycles. The first kappa shape index (κ1) is 22.2. The van der Waals surface area contributed by atoms with E-state index in [1.54, 1.807) is 29.6 Å². The summed E-state index contributed by atoms with van der Waals surface area (Å²) in [7, 11) is 0. The second kappa shape index (κ2) is 8.66. The Hall–Kier alpha value is -3.56. The van der Waals surface area contributed by atoms with Gasteiger partial charge in [-0.15, -0.1) is 0 Å². The number of piperidine rings is 2. The lowest BCUT2D eigenvalue weighted by Gasteiger charge is -2.49. The lowest BCUT2D eigenvalue weighted by molar-refractivity contribution is -0.137. The Bertz CT molecular complexity index is 1190. The first-order valence-electron chi connectivity index (χ1n) is 11.0. The molecule has 1 amide bonds. The van der Waals surface area contributed by atoms with Gasteiger partial charge in [-0.05, 0) is 55.9 Å². The summed E-state index contributed by atoms with van der Waals surface area (Å²) in [4.78, 5) is 32.3. The van der Waals surface area contributed by atoms with E-state index in [9.17, 15) is 18.0 Å². The zero-order chi connectivity index (χ0) is 23.9. The molecule has 1 aliphatic carbocycles. The second-order valence-corrected chi connectivity index (χ2v) is 8.72. The largest absolute Gasteiger partial charge is 0.472 e. The molecule has 3 aromatic rings. The van der Waals surface area contributed by atoms with Gasteiger partial charge >= 0.3 is 6.18 Å². The Morgan fingerprint density at radius 1 is 1.09 bits per heavy atom. The molecule has 2 bridgehead atoms. The highest BCUT2D eigenvalue weighted by Crippen LogP contribution is 2.38. The van der Waals surface area contributed by atoms with E-state index in [1.807, 2.05) is 13.0 Å². The summed E-state index contributed by atoms with van der Waals surface area (Å²) in [6.07, 6.45) is 3.24. The predicted octanol–water partition coefficient (Wildman–Crippen LogP) is 4.33. The normalized spacial score (nSPS) is 22.0. The van der Waals surface area contributed by atoms with Crippen LogP contribution in [0.4, 0.5) is 13.2 Å².